The topological polar surface area (TPSA) is 38.0 Å². The summed E-state index contributed by atoms with van der Waals surface area (Å²) in [6.07, 6.45) is 5.83. The van der Waals surface area contributed by atoms with Crippen LogP contribution in [0.1, 0.15) is 36.6 Å². The van der Waals surface area contributed by atoms with Crippen molar-refractivity contribution in [3.8, 4) is 0 Å². The number of halogens is 1. The highest BCUT2D eigenvalue weighted by Crippen LogP contribution is 2.49. The minimum absolute atomic E-state index is 0.319. The summed E-state index contributed by atoms with van der Waals surface area (Å²) >= 11 is 5.40. The van der Waals surface area contributed by atoms with Gasteiger partial charge in [0.05, 0.1) is 6.04 Å². The first-order valence-electron chi connectivity index (χ1n) is 6.96. The molecule has 0 aliphatic heterocycles. The molecule has 3 rings (SSSR count). The van der Waals surface area contributed by atoms with Gasteiger partial charge in [-0.2, -0.15) is 0 Å². The van der Waals surface area contributed by atoms with Crippen molar-refractivity contribution >= 4 is 27.3 Å². The van der Waals surface area contributed by atoms with Gasteiger partial charge in [0.25, 0.3) is 0 Å². The molecule has 3 N–H and O–H groups in total. The van der Waals surface area contributed by atoms with Crippen LogP contribution in [0.4, 0.5) is 0 Å². The van der Waals surface area contributed by atoms with E-state index in [1.54, 1.807) is 11.3 Å². The van der Waals surface area contributed by atoms with Crippen LogP contribution in [0.15, 0.2) is 15.9 Å². The van der Waals surface area contributed by atoms with Gasteiger partial charge in [-0.25, -0.2) is 0 Å². The molecule has 0 saturated heterocycles. The Morgan fingerprint density at radius 2 is 2.00 bits per heavy atom. The van der Waals surface area contributed by atoms with E-state index in [9.17, 15) is 0 Å². The lowest BCUT2D eigenvalue weighted by atomic mass is 9.97. The summed E-state index contributed by atoms with van der Waals surface area (Å²) in [6, 6.07) is 2.43. The number of thiophene rings is 1. The molecule has 1 aromatic heterocycles. The first-order valence-corrected chi connectivity index (χ1v) is 8.63. The lowest BCUT2D eigenvalue weighted by Crippen LogP contribution is -2.33. The SMILES string of the molecule is NCC(NCC(C1CC1)C1CC1)c1sccc1Br. The summed E-state index contributed by atoms with van der Waals surface area (Å²) in [5.41, 5.74) is 5.93. The van der Waals surface area contributed by atoms with Crippen LogP contribution in [0.2, 0.25) is 0 Å². The van der Waals surface area contributed by atoms with Crippen molar-refractivity contribution in [3.63, 3.8) is 0 Å². The summed E-state index contributed by atoms with van der Waals surface area (Å²) < 4.78 is 1.20. The van der Waals surface area contributed by atoms with Crippen LogP contribution in [-0.4, -0.2) is 13.1 Å². The highest BCUT2D eigenvalue weighted by Gasteiger charge is 2.41. The maximum Gasteiger partial charge on any atom is 0.0550 e. The van der Waals surface area contributed by atoms with E-state index in [-0.39, 0.29) is 0 Å². The van der Waals surface area contributed by atoms with Gasteiger partial charge < -0.3 is 11.1 Å². The Balaban J connectivity index is 1.58. The molecular formula is C14H21BrN2S. The Morgan fingerprint density at radius 1 is 1.33 bits per heavy atom. The van der Waals surface area contributed by atoms with Crippen molar-refractivity contribution in [3.05, 3.63) is 20.8 Å². The van der Waals surface area contributed by atoms with E-state index in [4.69, 9.17) is 5.73 Å². The molecule has 2 aliphatic carbocycles. The molecule has 0 amide bonds. The van der Waals surface area contributed by atoms with Crippen LogP contribution in [0.25, 0.3) is 0 Å². The second-order valence-electron chi connectivity index (χ2n) is 5.67. The minimum Gasteiger partial charge on any atom is -0.329 e. The predicted octanol–water partition coefficient (Wildman–Crippen LogP) is 3.54. The lowest BCUT2D eigenvalue weighted by Gasteiger charge is -2.21. The maximum absolute atomic E-state index is 5.93. The first-order chi connectivity index (χ1) is 8.79. The van der Waals surface area contributed by atoms with E-state index >= 15 is 0 Å². The number of rotatable bonds is 7. The molecule has 0 spiro atoms. The Kier molecular flexibility index (Phi) is 4.09. The van der Waals surface area contributed by atoms with Crippen molar-refractivity contribution in [2.45, 2.75) is 31.7 Å². The number of nitrogens with two attached hydrogens (primary N) is 1. The van der Waals surface area contributed by atoms with E-state index in [2.05, 4.69) is 32.7 Å². The third kappa shape index (κ3) is 2.98. The average Bonchev–Trinajstić information content (AvgIpc) is 3.26. The van der Waals surface area contributed by atoms with E-state index in [0.29, 0.717) is 12.6 Å². The molecule has 100 valence electrons. The summed E-state index contributed by atoms with van der Waals surface area (Å²) in [5.74, 6) is 2.93. The molecule has 4 heteroatoms. The monoisotopic (exact) mass is 328 g/mol. The number of nitrogens with one attached hydrogen (secondary N) is 1. The zero-order valence-corrected chi connectivity index (χ0v) is 13.0. The molecule has 2 fully saturated rings. The standard InChI is InChI=1S/C14H21BrN2S/c15-12-5-6-18-14(12)13(7-16)17-8-11(9-1-2-9)10-3-4-10/h5-6,9-11,13,17H,1-4,7-8,16H2. The fourth-order valence-corrected chi connectivity index (χ4v) is 4.62. The average molecular weight is 329 g/mol. The predicted molar refractivity (Wildman–Crippen MR) is 80.8 cm³/mol. The molecule has 2 nitrogen and oxygen atoms in total. The van der Waals surface area contributed by atoms with Crippen molar-refractivity contribution < 1.29 is 0 Å². The summed E-state index contributed by atoms with van der Waals surface area (Å²) in [5, 5.41) is 5.84. The van der Waals surface area contributed by atoms with E-state index < -0.39 is 0 Å². The molecule has 0 bridgehead atoms. The zero-order chi connectivity index (χ0) is 12.5. The second kappa shape index (κ2) is 5.61. The van der Waals surface area contributed by atoms with Crippen molar-refractivity contribution in [1.29, 1.82) is 0 Å². The van der Waals surface area contributed by atoms with Crippen LogP contribution in [-0.2, 0) is 0 Å². The van der Waals surface area contributed by atoms with Crippen molar-refractivity contribution in [2.24, 2.45) is 23.5 Å². The molecule has 1 atom stereocenters. The third-order valence-corrected chi connectivity index (χ3v) is 6.24. The zero-order valence-electron chi connectivity index (χ0n) is 10.6. The van der Waals surface area contributed by atoms with Crippen LogP contribution >= 0.6 is 27.3 Å². The summed E-state index contributed by atoms with van der Waals surface area (Å²) in [6.45, 7) is 1.84. The van der Waals surface area contributed by atoms with Crippen molar-refractivity contribution in [2.75, 3.05) is 13.1 Å². The lowest BCUT2D eigenvalue weighted by molar-refractivity contribution is 0.358. The van der Waals surface area contributed by atoms with Gasteiger partial charge in [0, 0.05) is 15.9 Å². The Morgan fingerprint density at radius 3 is 2.44 bits per heavy atom. The number of hydrogen-bond donors (Lipinski definition) is 2. The fraction of sp³-hybridized carbons (Fsp3) is 0.714. The van der Waals surface area contributed by atoms with Gasteiger partial charge in [-0.05, 0) is 77.4 Å². The van der Waals surface area contributed by atoms with Gasteiger partial charge in [-0.3, -0.25) is 0 Å². The van der Waals surface area contributed by atoms with E-state index in [0.717, 1.165) is 24.3 Å². The summed E-state index contributed by atoms with van der Waals surface area (Å²) in [4.78, 5) is 1.35. The van der Waals surface area contributed by atoms with Crippen LogP contribution in [0.5, 0.6) is 0 Å². The normalized spacial score (nSPS) is 21.5. The van der Waals surface area contributed by atoms with E-state index in [1.807, 2.05) is 0 Å². The molecule has 2 saturated carbocycles. The molecular weight excluding hydrogens is 308 g/mol. The maximum atomic E-state index is 5.93. The highest BCUT2D eigenvalue weighted by atomic mass is 79.9. The van der Waals surface area contributed by atoms with Crippen molar-refractivity contribution in [1.82, 2.24) is 5.32 Å². The molecule has 1 heterocycles. The quantitative estimate of drug-likeness (QED) is 0.803. The van der Waals surface area contributed by atoms with E-state index in [1.165, 1.54) is 35.0 Å². The Labute approximate surface area is 121 Å². The molecule has 2 aliphatic rings. The molecule has 1 unspecified atom stereocenters. The van der Waals surface area contributed by atoms with Gasteiger partial charge in [-0.15, -0.1) is 11.3 Å². The second-order valence-corrected chi connectivity index (χ2v) is 7.47. The van der Waals surface area contributed by atoms with Crippen LogP contribution in [0.3, 0.4) is 0 Å². The molecule has 0 radical (unpaired) electrons. The Hall–Kier alpha value is 0.100. The van der Waals surface area contributed by atoms with Gasteiger partial charge >= 0.3 is 0 Å². The third-order valence-electron chi connectivity index (χ3n) is 4.25. The highest BCUT2D eigenvalue weighted by molar-refractivity contribution is 9.10. The van der Waals surface area contributed by atoms with Gasteiger partial charge in [0.15, 0.2) is 0 Å². The Bertz CT molecular complexity index is 386. The van der Waals surface area contributed by atoms with Crippen LogP contribution < -0.4 is 11.1 Å². The molecule has 0 aromatic carbocycles. The summed E-state index contributed by atoms with van der Waals surface area (Å²) in [7, 11) is 0. The first kappa shape index (κ1) is 13.1. The fourth-order valence-electron chi connectivity index (χ4n) is 2.88. The largest absolute Gasteiger partial charge is 0.329 e. The van der Waals surface area contributed by atoms with Gasteiger partial charge in [0.1, 0.15) is 0 Å². The van der Waals surface area contributed by atoms with Gasteiger partial charge in [0.2, 0.25) is 0 Å². The molecule has 1 aromatic rings. The van der Waals surface area contributed by atoms with Gasteiger partial charge in [-0.1, -0.05) is 0 Å². The van der Waals surface area contributed by atoms with Crippen LogP contribution in [0, 0.1) is 17.8 Å². The molecule has 18 heavy (non-hydrogen) atoms. The smallest absolute Gasteiger partial charge is 0.0550 e. The number of hydrogen-bond acceptors (Lipinski definition) is 3. The minimum atomic E-state index is 0.319.